The fourth-order valence-corrected chi connectivity index (χ4v) is 1.96. The number of H-pyrrole nitrogens is 1. The highest BCUT2D eigenvalue weighted by molar-refractivity contribution is 6.68. The van der Waals surface area contributed by atoms with E-state index in [9.17, 15) is 9.59 Å². The second-order valence-corrected chi connectivity index (χ2v) is 5.77. The highest BCUT2D eigenvalue weighted by Crippen LogP contribution is 2.22. The minimum Gasteiger partial charge on any atom is -0.487 e. The number of nitrogens with one attached hydrogen (secondary N) is 1. The summed E-state index contributed by atoms with van der Waals surface area (Å²) in [7, 11) is 0. The number of ether oxygens (including phenoxy) is 1. The van der Waals surface area contributed by atoms with Crippen molar-refractivity contribution in [2.75, 3.05) is 6.61 Å². The zero-order valence-electron chi connectivity index (χ0n) is 11.7. The molecule has 0 aliphatic carbocycles. The molecule has 0 spiro atoms. The van der Waals surface area contributed by atoms with Crippen LogP contribution in [0, 0.1) is 11.8 Å². The van der Waals surface area contributed by atoms with E-state index in [1.165, 1.54) is 0 Å². The predicted molar refractivity (Wildman–Crippen MR) is 76.1 cm³/mol. The van der Waals surface area contributed by atoms with Crippen LogP contribution in [0.4, 0.5) is 0 Å². The van der Waals surface area contributed by atoms with Gasteiger partial charge in [-0.2, -0.15) is 0 Å². The smallest absolute Gasteiger partial charge is 0.291 e. The standard InChI is InChI=1S/C14H20ClNO3/c1-8(2)5-10-6-16-14(18)12(11(10)13(15)17)19-7-9(3)4/h6,8-9H,5,7H2,1-4H3,(H,16,18). The lowest BCUT2D eigenvalue weighted by molar-refractivity contribution is 0.107. The Bertz CT molecular complexity index is 506. The average Bonchev–Trinajstić information content (AvgIpc) is 2.28. The molecule has 1 N–H and O–H groups in total. The first kappa shape index (κ1) is 15.8. The zero-order valence-corrected chi connectivity index (χ0v) is 12.5. The predicted octanol–water partition coefficient (Wildman–Crippen LogP) is 2.99. The molecule has 0 radical (unpaired) electrons. The molecule has 5 heteroatoms. The summed E-state index contributed by atoms with van der Waals surface area (Å²) >= 11 is 5.61. The van der Waals surface area contributed by atoms with Gasteiger partial charge in [-0.1, -0.05) is 27.7 Å². The number of carbonyl (C=O) groups is 1. The summed E-state index contributed by atoms with van der Waals surface area (Å²) < 4.78 is 5.46. The third-order valence-corrected chi connectivity index (χ3v) is 2.71. The number of hydrogen-bond donors (Lipinski definition) is 1. The number of rotatable bonds is 6. The normalized spacial score (nSPS) is 11.1. The van der Waals surface area contributed by atoms with Gasteiger partial charge in [0.2, 0.25) is 0 Å². The highest BCUT2D eigenvalue weighted by Gasteiger charge is 2.20. The summed E-state index contributed by atoms with van der Waals surface area (Å²) in [6, 6.07) is 0. The van der Waals surface area contributed by atoms with Crippen molar-refractivity contribution in [3.05, 3.63) is 27.7 Å². The molecular weight excluding hydrogens is 266 g/mol. The molecule has 0 saturated heterocycles. The second-order valence-electron chi connectivity index (χ2n) is 5.42. The van der Waals surface area contributed by atoms with Gasteiger partial charge in [0.1, 0.15) is 0 Å². The molecule has 0 fully saturated rings. The van der Waals surface area contributed by atoms with Crippen molar-refractivity contribution in [1.82, 2.24) is 4.98 Å². The molecule has 0 aromatic carbocycles. The number of aromatic nitrogens is 1. The molecule has 4 nitrogen and oxygen atoms in total. The van der Waals surface area contributed by atoms with E-state index in [-0.39, 0.29) is 17.2 Å². The van der Waals surface area contributed by atoms with Crippen molar-refractivity contribution in [2.24, 2.45) is 11.8 Å². The van der Waals surface area contributed by atoms with E-state index in [1.807, 2.05) is 27.7 Å². The van der Waals surface area contributed by atoms with Gasteiger partial charge in [-0.25, -0.2) is 0 Å². The van der Waals surface area contributed by atoms with E-state index >= 15 is 0 Å². The first-order chi connectivity index (χ1) is 8.82. The average molecular weight is 286 g/mol. The van der Waals surface area contributed by atoms with Gasteiger partial charge in [0, 0.05) is 6.20 Å². The van der Waals surface area contributed by atoms with Crippen LogP contribution in [0.1, 0.15) is 43.6 Å². The molecule has 1 heterocycles. The van der Waals surface area contributed by atoms with Crippen LogP contribution < -0.4 is 10.3 Å². The number of halogens is 1. The van der Waals surface area contributed by atoms with Crippen LogP contribution in [0.2, 0.25) is 0 Å². The Hall–Kier alpha value is -1.29. The Morgan fingerprint density at radius 1 is 1.32 bits per heavy atom. The fourth-order valence-electron chi connectivity index (χ4n) is 1.75. The van der Waals surface area contributed by atoms with Crippen LogP contribution in [0.5, 0.6) is 5.75 Å². The maximum Gasteiger partial charge on any atom is 0.291 e. The molecule has 0 bridgehead atoms. The fraction of sp³-hybridized carbons (Fsp3) is 0.571. The summed E-state index contributed by atoms with van der Waals surface area (Å²) in [5, 5.41) is -0.652. The van der Waals surface area contributed by atoms with Gasteiger partial charge in [0.25, 0.3) is 10.8 Å². The number of hydrogen-bond acceptors (Lipinski definition) is 3. The van der Waals surface area contributed by atoms with E-state index in [1.54, 1.807) is 6.20 Å². The molecule has 0 saturated carbocycles. The topological polar surface area (TPSA) is 59.2 Å². The summed E-state index contributed by atoms with van der Waals surface area (Å²) in [5.74, 6) is 0.636. The Balaban J connectivity index is 3.25. The van der Waals surface area contributed by atoms with Crippen LogP contribution in [-0.2, 0) is 6.42 Å². The van der Waals surface area contributed by atoms with Crippen molar-refractivity contribution in [2.45, 2.75) is 34.1 Å². The van der Waals surface area contributed by atoms with Crippen molar-refractivity contribution in [3.8, 4) is 5.75 Å². The number of carbonyl (C=O) groups excluding carboxylic acids is 1. The molecule has 1 rings (SSSR count). The van der Waals surface area contributed by atoms with E-state index in [0.29, 0.717) is 24.5 Å². The largest absolute Gasteiger partial charge is 0.487 e. The monoisotopic (exact) mass is 285 g/mol. The Kier molecular flexibility index (Phi) is 5.60. The first-order valence-corrected chi connectivity index (χ1v) is 6.77. The third-order valence-electron chi connectivity index (χ3n) is 2.52. The molecule has 0 unspecified atom stereocenters. The highest BCUT2D eigenvalue weighted by atomic mass is 35.5. The van der Waals surface area contributed by atoms with Gasteiger partial charge in [-0.15, -0.1) is 0 Å². The van der Waals surface area contributed by atoms with Crippen LogP contribution in [0.3, 0.4) is 0 Å². The lowest BCUT2D eigenvalue weighted by atomic mass is 10.00. The molecule has 1 aromatic rings. The summed E-state index contributed by atoms with van der Waals surface area (Å²) in [4.78, 5) is 26.0. The lowest BCUT2D eigenvalue weighted by Crippen LogP contribution is -2.19. The summed E-state index contributed by atoms with van der Waals surface area (Å²) in [6.07, 6.45) is 2.20. The van der Waals surface area contributed by atoms with Gasteiger partial charge >= 0.3 is 0 Å². The van der Waals surface area contributed by atoms with Crippen molar-refractivity contribution in [3.63, 3.8) is 0 Å². The molecule has 0 aliphatic rings. The zero-order chi connectivity index (χ0) is 14.6. The molecule has 0 amide bonds. The van der Waals surface area contributed by atoms with Crippen LogP contribution >= 0.6 is 11.6 Å². The summed E-state index contributed by atoms with van der Waals surface area (Å²) in [5.41, 5.74) is 0.491. The molecule has 0 aliphatic heterocycles. The van der Waals surface area contributed by atoms with Gasteiger partial charge < -0.3 is 9.72 Å². The van der Waals surface area contributed by atoms with Crippen LogP contribution in [0.25, 0.3) is 0 Å². The van der Waals surface area contributed by atoms with E-state index < -0.39 is 10.8 Å². The van der Waals surface area contributed by atoms with Crippen molar-refractivity contribution >= 4 is 16.8 Å². The van der Waals surface area contributed by atoms with Crippen LogP contribution in [-0.4, -0.2) is 16.8 Å². The van der Waals surface area contributed by atoms with E-state index in [0.717, 1.165) is 0 Å². The van der Waals surface area contributed by atoms with E-state index in [4.69, 9.17) is 16.3 Å². The minimum absolute atomic E-state index is 0.0341. The summed E-state index contributed by atoms with van der Waals surface area (Å²) in [6.45, 7) is 8.36. The lowest BCUT2D eigenvalue weighted by Gasteiger charge is -2.14. The number of aromatic amines is 1. The first-order valence-electron chi connectivity index (χ1n) is 6.40. The third kappa shape index (κ3) is 4.39. The molecule has 1 aromatic heterocycles. The van der Waals surface area contributed by atoms with E-state index in [2.05, 4.69) is 4.98 Å². The Morgan fingerprint density at radius 2 is 1.95 bits per heavy atom. The van der Waals surface area contributed by atoms with Gasteiger partial charge in [-0.05, 0) is 35.4 Å². The van der Waals surface area contributed by atoms with Crippen molar-refractivity contribution in [1.29, 1.82) is 0 Å². The Morgan fingerprint density at radius 3 is 2.42 bits per heavy atom. The molecule has 106 valence electrons. The molecule has 0 atom stereocenters. The van der Waals surface area contributed by atoms with Crippen LogP contribution in [0.15, 0.2) is 11.0 Å². The number of pyridine rings is 1. The second kappa shape index (κ2) is 6.75. The SMILES string of the molecule is CC(C)COc1c(C(=O)Cl)c(CC(C)C)c[nH]c1=O. The van der Waals surface area contributed by atoms with Crippen molar-refractivity contribution < 1.29 is 9.53 Å². The van der Waals surface area contributed by atoms with Gasteiger partial charge in [0.05, 0.1) is 12.2 Å². The maximum absolute atomic E-state index is 11.8. The maximum atomic E-state index is 11.8. The Labute approximate surface area is 118 Å². The minimum atomic E-state index is -0.652. The van der Waals surface area contributed by atoms with Gasteiger partial charge in [0.15, 0.2) is 5.75 Å². The quantitative estimate of drug-likeness (QED) is 0.818. The molecular formula is C14H20ClNO3. The molecule has 19 heavy (non-hydrogen) atoms. The van der Waals surface area contributed by atoms with Gasteiger partial charge in [-0.3, -0.25) is 9.59 Å².